The maximum absolute atomic E-state index is 9.48. The van der Waals surface area contributed by atoms with Gasteiger partial charge in [-0.05, 0) is 55.4 Å². The summed E-state index contributed by atoms with van der Waals surface area (Å²) in [5.41, 5.74) is 2.66. The number of benzene rings is 1. The largest absolute Gasteiger partial charge is 0.508 e. The van der Waals surface area contributed by atoms with Gasteiger partial charge in [-0.25, -0.2) is 0 Å². The van der Waals surface area contributed by atoms with Crippen molar-refractivity contribution in [2.24, 2.45) is 5.92 Å². The predicted molar refractivity (Wildman–Crippen MR) is 70.7 cm³/mol. The lowest BCUT2D eigenvalue weighted by atomic mass is 10.0. The molecule has 1 aliphatic heterocycles. The van der Waals surface area contributed by atoms with E-state index in [4.69, 9.17) is 4.74 Å². The van der Waals surface area contributed by atoms with E-state index in [2.05, 4.69) is 18.3 Å². The van der Waals surface area contributed by atoms with Crippen LogP contribution in [0.3, 0.4) is 0 Å². The molecule has 1 fully saturated rings. The first-order valence-electron chi connectivity index (χ1n) is 6.91. The van der Waals surface area contributed by atoms with E-state index in [1.54, 1.807) is 6.07 Å². The lowest BCUT2D eigenvalue weighted by Crippen LogP contribution is -2.29. The van der Waals surface area contributed by atoms with Crippen LogP contribution in [-0.4, -0.2) is 24.4 Å². The Hall–Kier alpha value is -1.06. The first-order valence-corrected chi connectivity index (χ1v) is 6.91. The van der Waals surface area contributed by atoms with E-state index in [-0.39, 0.29) is 0 Å². The lowest BCUT2D eigenvalue weighted by molar-refractivity contribution is 0.105. The Kier molecular flexibility index (Phi) is 3.27. The van der Waals surface area contributed by atoms with Gasteiger partial charge in [-0.15, -0.1) is 0 Å². The highest BCUT2D eigenvalue weighted by Crippen LogP contribution is 2.33. The summed E-state index contributed by atoms with van der Waals surface area (Å²) < 4.78 is 5.59. The average Bonchev–Trinajstić information content (AvgIpc) is 2.93. The SMILES string of the molecule is CC1OCCC1CNC1CCc2cc(O)ccc21. The topological polar surface area (TPSA) is 41.5 Å². The normalized spacial score (nSPS) is 30.6. The van der Waals surface area contributed by atoms with Crippen molar-refractivity contribution in [2.75, 3.05) is 13.2 Å². The molecule has 3 atom stereocenters. The van der Waals surface area contributed by atoms with Crippen molar-refractivity contribution in [1.82, 2.24) is 5.32 Å². The Bertz CT molecular complexity index is 433. The minimum atomic E-state index is 0.382. The Morgan fingerprint density at radius 2 is 2.28 bits per heavy atom. The van der Waals surface area contributed by atoms with E-state index >= 15 is 0 Å². The molecule has 2 N–H and O–H groups in total. The Morgan fingerprint density at radius 3 is 3.06 bits per heavy atom. The van der Waals surface area contributed by atoms with Gasteiger partial charge in [-0.1, -0.05) is 6.07 Å². The molecule has 3 rings (SSSR count). The van der Waals surface area contributed by atoms with Crippen molar-refractivity contribution >= 4 is 0 Å². The molecule has 1 aromatic rings. The number of ether oxygens (including phenoxy) is 1. The zero-order valence-electron chi connectivity index (χ0n) is 10.9. The van der Waals surface area contributed by atoms with Gasteiger partial charge < -0.3 is 15.2 Å². The summed E-state index contributed by atoms with van der Waals surface area (Å²) >= 11 is 0. The molecule has 2 aliphatic rings. The number of nitrogens with one attached hydrogen (secondary N) is 1. The summed E-state index contributed by atoms with van der Waals surface area (Å²) in [7, 11) is 0. The van der Waals surface area contributed by atoms with Crippen LogP contribution >= 0.6 is 0 Å². The van der Waals surface area contributed by atoms with Gasteiger partial charge in [-0.2, -0.15) is 0 Å². The van der Waals surface area contributed by atoms with Crippen LogP contribution < -0.4 is 5.32 Å². The summed E-state index contributed by atoms with van der Waals surface area (Å²) in [6.07, 6.45) is 3.76. The lowest BCUT2D eigenvalue weighted by Gasteiger charge is -2.19. The number of hydrogen-bond acceptors (Lipinski definition) is 3. The van der Waals surface area contributed by atoms with Gasteiger partial charge in [-0.3, -0.25) is 0 Å². The Labute approximate surface area is 108 Å². The fraction of sp³-hybridized carbons (Fsp3) is 0.600. The number of aromatic hydroxyl groups is 1. The summed E-state index contributed by atoms with van der Waals surface area (Å²) in [4.78, 5) is 0. The van der Waals surface area contributed by atoms with Crippen LogP contribution in [0.15, 0.2) is 18.2 Å². The van der Waals surface area contributed by atoms with E-state index in [0.29, 0.717) is 23.8 Å². The third-order valence-corrected chi connectivity index (χ3v) is 4.36. The minimum Gasteiger partial charge on any atom is -0.508 e. The highest BCUT2D eigenvalue weighted by atomic mass is 16.5. The van der Waals surface area contributed by atoms with Crippen LogP contribution in [0, 0.1) is 5.92 Å². The standard InChI is InChI=1S/C15H21NO2/c1-10-12(6-7-18-10)9-16-15-5-2-11-8-13(17)3-4-14(11)15/h3-4,8,10,12,15-17H,2,5-7,9H2,1H3. The monoisotopic (exact) mass is 247 g/mol. The molecule has 3 unspecified atom stereocenters. The van der Waals surface area contributed by atoms with Crippen molar-refractivity contribution < 1.29 is 9.84 Å². The number of phenols is 1. The van der Waals surface area contributed by atoms with Gasteiger partial charge in [0.05, 0.1) is 6.10 Å². The number of aryl methyl sites for hydroxylation is 1. The van der Waals surface area contributed by atoms with Crippen LogP contribution in [0.2, 0.25) is 0 Å². The fourth-order valence-corrected chi connectivity index (χ4v) is 3.15. The smallest absolute Gasteiger partial charge is 0.115 e. The molecule has 0 saturated carbocycles. The first kappa shape index (κ1) is 12.0. The van der Waals surface area contributed by atoms with Gasteiger partial charge in [0.15, 0.2) is 0 Å². The third-order valence-electron chi connectivity index (χ3n) is 4.36. The third kappa shape index (κ3) is 2.25. The maximum atomic E-state index is 9.48. The molecule has 3 nitrogen and oxygen atoms in total. The second-order valence-electron chi connectivity index (χ2n) is 5.51. The summed E-state index contributed by atoms with van der Waals surface area (Å²) in [6, 6.07) is 6.20. The van der Waals surface area contributed by atoms with Crippen molar-refractivity contribution in [3.63, 3.8) is 0 Å². The molecular formula is C15H21NO2. The van der Waals surface area contributed by atoms with Crippen LogP contribution in [-0.2, 0) is 11.2 Å². The molecule has 98 valence electrons. The molecule has 1 aromatic carbocycles. The average molecular weight is 247 g/mol. The molecule has 1 saturated heterocycles. The van der Waals surface area contributed by atoms with E-state index < -0.39 is 0 Å². The molecular weight excluding hydrogens is 226 g/mol. The summed E-state index contributed by atoms with van der Waals surface area (Å²) in [5, 5.41) is 13.2. The predicted octanol–water partition coefficient (Wildman–Crippen LogP) is 2.39. The van der Waals surface area contributed by atoms with Crippen LogP contribution in [0.4, 0.5) is 0 Å². The summed E-state index contributed by atoms with van der Waals surface area (Å²) in [5.74, 6) is 1.03. The molecule has 18 heavy (non-hydrogen) atoms. The molecule has 0 spiro atoms. The van der Waals surface area contributed by atoms with Crippen LogP contribution in [0.5, 0.6) is 5.75 Å². The molecule has 1 heterocycles. The van der Waals surface area contributed by atoms with Crippen LogP contribution in [0.25, 0.3) is 0 Å². The molecule has 0 aromatic heterocycles. The van der Waals surface area contributed by atoms with Gasteiger partial charge in [0.25, 0.3) is 0 Å². The summed E-state index contributed by atoms with van der Waals surface area (Å²) in [6.45, 7) is 4.11. The van der Waals surface area contributed by atoms with E-state index in [1.165, 1.54) is 17.5 Å². The van der Waals surface area contributed by atoms with Crippen LogP contribution in [0.1, 0.15) is 36.9 Å². The van der Waals surface area contributed by atoms with Gasteiger partial charge in [0.1, 0.15) is 5.75 Å². The number of fused-ring (bicyclic) bond motifs is 1. The van der Waals surface area contributed by atoms with Gasteiger partial charge >= 0.3 is 0 Å². The zero-order valence-corrected chi connectivity index (χ0v) is 10.9. The molecule has 0 bridgehead atoms. The first-order chi connectivity index (χ1) is 8.74. The van der Waals surface area contributed by atoms with E-state index in [0.717, 1.165) is 26.0 Å². The fourth-order valence-electron chi connectivity index (χ4n) is 3.15. The van der Waals surface area contributed by atoms with Gasteiger partial charge in [0, 0.05) is 19.2 Å². The molecule has 1 aliphatic carbocycles. The number of hydrogen-bond donors (Lipinski definition) is 2. The van der Waals surface area contributed by atoms with E-state index in [9.17, 15) is 5.11 Å². The zero-order chi connectivity index (χ0) is 12.5. The van der Waals surface area contributed by atoms with Crippen molar-refractivity contribution in [3.8, 4) is 5.75 Å². The molecule has 3 heteroatoms. The minimum absolute atomic E-state index is 0.382. The highest BCUT2D eigenvalue weighted by molar-refractivity contribution is 5.40. The Balaban J connectivity index is 1.62. The van der Waals surface area contributed by atoms with E-state index in [1.807, 2.05) is 6.07 Å². The molecule has 0 radical (unpaired) electrons. The molecule has 0 amide bonds. The highest BCUT2D eigenvalue weighted by Gasteiger charge is 2.27. The quantitative estimate of drug-likeness (QED) is 0.861. The van der Waals surface area contributed by atoms with Crippen molar-refractivity contribution in [2.45, 2.75) is 38.3 Å². The van der Waals surface area contributed by atoms with Gasteiger partial charge in [0.2, 0.25) is 0 Å². The number of rotatable bonds is 3. The number of phenolic OH excluding ortho intramolecular Hbond substituents is 1. The Morgan fingerprint density at radius 1 is 1.39 bits per heavy atom. The maximum Gasteiger partial charge on any atom is 0.115 e. The van der Waals surface area contributed by atoms with Crippen molar-refractivity contribution in [3.05, 3.63) is 29.3 Å². The van der Waals surface area contributed by atoms with Crippen molar-refractivity contribution in [1.29, 1.82) is 0 Å². The second kappa shape index (κ2) is 4.90. The second-order valence-corrected chi connectivity index (χ2v) is 5.51.